The number of hydrogen-bond acceptors (Lipinski definition) is 3. The highest BCUT2D eigenvalue weighted by Crippen LogP contribution is 2.43. The second-order valence-electron chi connectivity index (χ2n) is 6.27. The highest BCUT2D eigenvalue weighted by molar-refractivity contribution is 6.43. The van der Waals surface area contributed by atoms with Gasteiger partial charge in [-0.1, -0.05) is 29.3 Å². The second-order valence-corrected chi connectivity index (χ2v) is 7.05. The number of nitrogens with one attached hydrogen (secondary N) is 1. The van der Waals surface area contributed by atoms with E-state index in [-0.39, 0.29) is 12.5 Å². The van der Waals surface area contributed by atoms with Gasteiger partial charge in [0.05, 0.1) is 21.4 Å². The van der Waals surface area contributed by atoms with Crippen molar-refractivity contribution in [2.24, 2.45) is 0 Å². The molecule has 2 heterocycles. The molecule has 25 heavy (non-hydrogen) atoms. The van der Waals surface area contributed by atoms with Gasteiger partial charge in [-0.2, -0.15) is 5.10 Å². The lowest BCUT2D eigenvalue weighted by Crippen LogP contribution is -2.20. The van der Waals surface area contributed by atoms with Crippen LogP contribution in [-0.2, 0) is 11.3 Å². The number of hydrogen-bond donors (Lipinski definition) is 1. The predicted octanol–water partition coefficient (Wildman–Crippen LogP) is 4.56. The molecule has 1 amide bonds. The summed E-state index contributed by atoms with van der Waals surface area (Å²) in [7, 11) is 0. The molecule has 128 valence electrons. The number of nitrogens with zero attached hydrogens (tertiary/aromatic N) is 3. The van der Waals surface area contributed by atoms with Crippen molar-refractivity contribution >= 4 is 45.8 Å². The highest BCUT2D eigenvalue weighted by atomic mass is 35.5. The maximum Gasteiger partial charge on any atom is 0.246 e. The third-order valence-corrected chi connectivity index (χ3v) is 5.20. The van der Waals surface area contributed by atoms with Crippen LogP contribution in [0.15, 0.2) is 30.5 Å². The van der Waals surface area contributed by atoms with Gasteiger partial charge in [-0.05, 0) is 49.4 Å². The van der Waals surface area contributed by atoms with Crippen molar-refractivity contribution in [1.29, 1.82) is 0 Å². The van der Waals surface area contributed by atoms with Gasteiger partial charge in [0, 0.05) is 11.6 Å². The molecule has 0 radical (unpaired) electrons. The standard InChI is InChI=1S/C18H16Cl2N4O/c1-10-16-12(11-5-6-11)7-8-21-18(16)24(23-10)9-15(25)22-14-4-2-3-13(19)17(14)20/h2-4,7-8,11H,5-6,9H2,1H3,(H,22,25). The van der Waals surface area contributed by atoms with Crippen molar-refractivity contribution in [3.05, 3.63) is 51.8 Å². The molecular formula is C18H16Cl2N4O. The van der Waals surface area contributed by atoms with Crippen molar-refractivity contribution < 1.29 is 4.79 Å². The first-order valence-corrected chi connectivity index (χ1v) is 8.86. The fourth-order valence-corrected chi connectivity index (χ4v) is 3.43. The number of amides is 1. The Morgan fingerprint density at radius 3 is 2.88 bits per heavy atom. The Morgan fingerprint density at radius 2 is 2.12 bits per heavy atom. The third-order valence-electron chi connectivity index (χ3n) is 4.38. The van der Waals surface area contributed by atoms with Gasteiger partial charge >= 0.3 is 0 Å². The molecule has 2 aromatic heterocycles. The summed E-state index contributed by atoms with van der Waals surface area (Å²) >= 11 is 12.1. The number of aryl methyl sites for hydroxylation is 1. The average Bonchev–Trinajstić information content (AvgIpc) is 3.38. The molecule has 1 aliphatic rings. The summed E-state index contributed by atoms with van der Waals surface area (Å²) < 4.78 is 1.64. The summed E-state index contributed by atoms with van der Waals surface area (Å²) in [4.78, 5) is 16.9. The molecule has 1 aliphatic carbocycles. The first kappa shape index (κ1) is 16.4. The number of halogens is 2. The van der Waals surface area contributed by atoms with Gasteiger partial charge < -0.3 is 5.32 Å². The second kappa shape index (κ2) is 6.32. The maximum absolute atomic E-state index is 12.4. The zero-order valence-corrected chi connectivity index (χ0v) is 15.1. The Hall–Kier alpha value is -2.11. The van der Waals surface area contributed by atoms with Gasteiger partial charge in [-0.25, -0.2) is 9.67 Å². The minimum Gasteiger partial charge on any atom is -0.323 e. The van der Waals surface area contributed by atoms with E-state index in [1.807, 2.05) is 6.92 Å². The van der Waals surface area contributed by atoms with E-state index in [2.05, 4.69) is 21.5 Å². The monoisotopic (exact) mass is 374 g/mol. The van der Waals surface area contributed by atoms with Crippen LogP contribution in [0, 0.1) is 6.92 Å². The fraction of sp³-hybridized carbons (Fsp3) is 0.278. The molecule has 0 bridgehead atoms. The van der Waals surface area contributed by atoms with Crippen LogP contribution in [0.5, 0.6) is 0 Å². The molecule has 4 rings (SSSR count). The number of carbonyl (C=O) groups is 1. The lowest BCUT2D eigenvalue weighted by atomic mass is 10.1. The maximum atomic E-state index is 12.4. The molecule has 7 heteroatoms. The molecule has 1 fully saturated rings. The van der Waals surface area contributed by atoms with Crippen LogP contribution >= 0.6 is 23.2 Å². The Morgan fingerprint density at radius 1 is 1.32 bits per heavy atom. The molecular weight excluding hydrogens is 359 g/mol. The van der Waals surface area contributed by atoms with Crippen LogP contribution in [0.2, 0.25) is 10.0 Å². The zero-order valence-electron chi connectivity index (χ0n) is 13.6. The summed E-state index contributed by atoms with van der Waals surface area (Å²) in [5, 5.41) is 9.09. The average molecular weight is 375 g/mol. The molecule has 5 nitrogen and oxygen atoms in total. The first-order chi connectivity index (χ1) is 12.0. The number of anilines is 1. The fourth-order valence-electron chi connectivity index (χ4n) is 3.08. The van der Waals surface area contributed by atoms with Gasteiger partial charge in [0.1, 0.15) is 6.54 Å². The Labute approximate surface area is 154 Å². The van der Waals surface area contributed by atoms with Crippen LogP contribution in [0.1, 0.15) is 30.0 Å². The molecule has 0 aliphatic heterocycles. The number of rotatable bonds is 4. The van der Waals surface area contributed by atoms with E-state index in [0.29, 0.717) is 21.7 Å². The van der Waals surface area contributed by atoms with E-state index in [1.165, 1.54) is 18.4 Å². The minimum atomic E-state index is -0.229. The minimum absolute atomic E-state index is 0.0638. The van der Waals surface area contributed by atoms with E-state index in [1.54, 1.807) is 29.1 Å². The summed E-state index contributed by atoms with van der Waals surface area (Å²) in [6, 6.07) is 7.18. The largest absolute Gasteiger partial charge is 0.323 e. The van der Waals surface area contributed by atoms with E-state index in [0.717, 1.165) is 16.7 Å². The Kier molecular flexibility index (Phi) is 4.13. The van der Waals surface area contributed by atoms with Gasteiger partial charge in [0.25, 0.3) is 0 Å². The van der Waals surface area contributed by atoms with Gasteiger partial charge in [0.15, 0.2) is 5.65 Å². The smallest absolute Gasteiger partial charge is 0.246 e. The number of carbonyl (C=O) groups excluding carboxylic acids is 1. The molecule has 3 aromatic rings. The van der Waals surface area contributed by atoms with Crippen LogP contribution < -0.4 is 5.32 Å². The van der Waals surface area contributed by atoms with Crippen LogP contribution in [-0.4, -0.2) is 20.7 Å². The Bertz CT molecular complexity index is 979. The Balaban J connectivity index is 1.61. The normalized spacial score (nSPS) is 14.0. The number of aromatic nitrogens is 3. The van der Waals surface area contributed by atoms with Crippen LogP contribution in [0.3, 0.4) is 0 Å². The van der Waals surface area contributed by atoms with Gasteiger partial charge in [-0.15, -0.1) is 0 Å². The van der Waals surface area contributed by atoms with Gasteiger partial charge in [0.2, 0.25) is 5.91 Å². The topological polar surface area (TPSA) is 59.8 Å². The molecule has 1 aromatic carbocycles. The molecule has 0 unspecified atom stereocenters. The molecule has 1 saturated carbocycles. The lowest BCUT2D eigenvalue weighted by molar-refractivity contribution is -0.116. The van der Waals surface area contributed by atoms with Crippen LogP contribution in [0.25, 0.3) is 11.0 Å². The van der Waals surface area contributed by atoms with E-state index in [9.17, 15) is 4.79 Å². The molecule has 1 N–H and O–H groups in total. The molecule has 0 atom stereocenters. The van der Waals surface area contributed by atoms with Crippen molar-refractivity contribution in [3.63, 3.8) is 0 Å². The number of benzene rings is 1. The van der Waals surface area contributed by atoms with E-state index in [4.69, 9.17) is 23.2 Å². The number of fused-ring (bicyclic) bond motifs is 1. The predicted molar refractivity (Wildman–Crippen MR) is 99.3 cm³/mol. The van der Waals surface area contributed by atoms with Crippen molar-refractivity contribution in [2.45, 2.75) is 32.2 Å². The van der Waals surface area contributed by atoms with Crippen molar-refractivity contribution in [1.82, 2.24) is 14.8 Å². The molecule has 0 spiro atoms. The SMILES string of the molecule is Cc1nn(CC(=O)Nc2cccc(Cl)c2Cl)c2nccc(C3CC3)c12. The van der Waals surface area contributed by atoms with E-state index >= 15 is 0 Å². The van der Waals surface area contributed by atoms with Gasteiger partial charge in [-0.3, -0.25) is 4.79 Å². The summed E-state index contributed by atoms with van der Waals surface area (Å²) in [5.74, 6) is 0.369. The number of pyridine rings is 1. The summed E-state index contributed by atoms with van der Waals surface area (Å²) in [6.45, 7) is 2.02. The summed E-state index contributed by atoms with van der Waals surface area (Å²) in [6.07, 6.45) is 4.20. The van der Waals surface area contributed by atoms with Crippen LogP contribution in [0.4, 0.5) is 5.69 Å². The van der Waals surface area contributed by atoms with Crippen molar-refractivity contribution in [3.8, 4) is 0 Å². The zero-order chi connectivity index (χ0) is 17.6. The third kappa shape index (κ3) is 3.10. The molecule has 0 saturated heterocycles. The quantitative estimate of drug-likeness (QED) is 0.727. The first-order valence-electron chi connectivity index (χ1n) is 8.10. The van der Waals surface area contributed by atoms with E-state index < -0.39 is 0 Å². The highest BCUT2D eigenvalue weighted by Gasteiger charge is 2.27. The lowest BCUT2D eigenvalue weighted by Gasteiger charge is -2.08. The van der Waals surface area contributed by atoms with Crippen molar-refractivity contribution in [2.75, 3.05) is 5.32 Å². The summed E-state index contributed by atoms with van der Waals surface area (Å²) in [5.41, 5.74) is 3.42.